The number of piperidine rings is 1. The molecule has 3 aromatic rings. The molecule has 2 aromatic heterocycles. The number of carbonyl (C=O) groups is 3. The number of aliphatic carboxylic acids is 2. The number of amides is 1. The van der Waals surface area contributed by atoms with Crippen LogP contribution in [0.25, 0.3) is 11.0 Å². The molecule has 1 saturated heterocycles. The van der Waals surface area contributed by atoms with Crippen molar-refractivity contribution in [2.45, 2.75) is 44.6 Å². The van der Waals surface area contributed by atoms with Crippen LogP contribution in [0.1, 0.15) is 47.3 Å². The lowest BCUT2D eigenvalue weighted by molar-refractivity contribution is -0.193. The maximum Gasteiger partial charge on any atom is 0.490 e. The van der Waals surface area contributed by atoms with Gasteiger partial charge in [0.15, 0.2) is 0 Å². The minimum atomic E-state index is -5.08. The summed E-state index contributed by atoms with van der Waals surface area (Å²) >= 11 is 0. The van der Waals surface area contributed by atoms with Crippen molar-refractivity contribution in [3.63, 3.8) is 0 Å². The smallest absolute Gasteiger partial charge is 0.475 e. The molecule has 0 aliphatic carbocycles. The number of H-pyrrole nitrogens is 1. The van der Waals surface area contributed by atoms with Crippen LogP contribution in [0, 0.1) is 12.7 Å². The molecule has 1 unspecified atom stereocenters. The number of benzene rings is 1. The van der Waals surface area contributed by atoms with Gasteiger partial charge in [-0.15, -0.1) is 0 Å². The molecule has 1 fully saturated rings. The van der Waals surface area contributed by atoms with Gasteiger partial charge in [-0.05, 0) is 56.5 Å². The highest BCUT2D eigenvalue weighted by Crippen LogP contribution is 2.31. The first-order valence-electron chi connectivity index (χ1n) is 11.0. The van der Waals surface area contributed by atoms with E-state index in [9.17, 15) is 35.5 Å². The van der Waals surface area contributed by atoms with Crippen molar-refractivity contribution in [3.8, 4) is 0 Å². The zero-order valence-corrected chi connectivity index (χ0v) is 20.0. The Morgan fingerprint density at radius 2 is 1.54 bits per heavy atom. The zero-order valence-electron chi connectivity index (χ0n) is 20.0. The molecule has 212 valence electrons. The lowest BCUT2D eigenvalue weighted by Gasteiger charge is -2.34. The number of nitrogens with zero attached hydrogens (tertiary/aromatic N) is 3. The van der Waals surface area contributed by atoms with Crippen molar-refractivity contribution in [1.82, 2.24) is 19.9 Å². The third kappa shape index (κ3) is 8.93. The first-order chi connectivity index (χ1) is 18.0. The molecule has 0 spiro atoms. The Morgan fingerprint density at radius 3 is 2.08 bits per heavy atom. The number of pyridine rings is 1. The number of carboxylic acids is 2. The van der Waals surface area contributed by atoms with E-state index in [-0.39, 0.29) is 17.8 Å². The molecule has 3 N–H and O–H groups in total. The summed E-state index contributed by atoms with van der Waals surface area (Å²) in [7, 11) is 0. The van der Waals surface area contributed by atoms with Gasteiger partial charge < -0.3 is 20.1 Å². The summed E-state index contributed by atoms with van der Waals surface area (Å²) in [5.41, 5.74) is 2.64. The quantitative estimate of drug-likeness (QED) is 0.370. The standard InChI is InChI=1S/C19H19FN4O.2C2HF3O2/c1-12-5-4-6-15(21-12)19(25)24-10-3-2-7-17(24)18-22-14-9-8-13(20)11-16(14)23-18;2*3-2(4,5)1(6)7/h4-6,8-9,11,17H,2-3,7,10H2,1H3,(H,22,23);2*(H,6,7). The van der Waals surface area contributed by atoms with Crippen LogP contribution in [-0.2, 0) is 9.59 Å². The minimum Gasteiger partial charge on any atom is -0.475 e. The van der Waals surface area contributed by atoms with Gasteiger partial charge in [0.2, 0.25) is 0 Å². The minimum absolute atomic E-state index is 0.0833. The maximum absolute atomic E-state index is 13.4. The van der Waals surface area contributed by atoms with E-state index in [2.05, 4.69) is 15.0 Å². The number of hydrogen-bond acceptors (Lipinski definition) is 5. The van der Waals surface area contributed by atoms with Crippen LogP contribution in [0.3, 0.4) is 0 Å². The van der Waals surface area contributed by atoms with E-state index in [1.165, 1.54) is 12.1 Å². The molecule has 0 saturated carbocycles. The van der Waals surface area contributed by atoms with Gasteiger partial charge in [-0.1, -0.05) is 6.07 Å². The van der Waals surface area contributed by atoms with Crippen LogP contribution in [0.15, 0.2) is 36.4 Å². The van der Waals surface area contributed by atoms with E-state index >= 15 is 0 Å². The summed E-state index contributed by atoms with van der Waals surface area (Å²) in [6, 6.07) is 9.81. The maximum atomic E-state index is 13.4. The number of alkyl halides is 6. The highest BCUT2D eigenvalue weighted by Gasteiger charge is 2.39. The molecule has 9 nitrogen and oxygen atoms in total. The number of carboxylic acid groups (broad SMARTS) is 2. The molecule has 0 bridgehead atoms. The largest absolute Gasteiger partial charge is 0.490 e. The molecule has 1 amide bonds. The van der Waals surface area contributed by atoms with Crippen LogP contribution < -0.4 is 0 Å². The first-order valence-corrected chi connectivity index (χ1v) is 11.0. The van der Waals surface area contributed by atoms with Crippen molar-refractivity contribution in [2.75, 3.05) is 6.54 Å². The first kappa shape index (κ1) is 31.0. The fourth-order valence-corrected chi connectivity index (χ4v) is 3.43. The van der Waals surface area contributed by atoms with Gasteiger partial charge in [0.05, 0.1) is 17.1 Å². The van der Waals surface area contributed by atoms with E-state index in [4.69, 9.17) is 19.8 Å². The number of nitrogens with one attached hydrogen (secondary N) is 1. The average molecular weight is 566 g/mol. The van der Waals surface area contributed by atoms with Crippen LogP contribution in [-0.4, -0.2) is 66.8 Å². The number of aromatic nitrogens is 3. The summed E-state index contributed by atoms with van der Waals surface area (Å²) in [5.74, 6) is -5.19. The van der Waals surface area contributed by atoms with Crippen LogP contribution in [0.5, 0.6) is 0 Å². The zero-order chi connectivity index (χ0) is 29.5. The van der Waals surface area contributed by atoms with Gasteiger partial charge in [0, 0.05) is 12.2 Å². The van der Waals surface area contributed by atoms with E-state index < -0.39 is 24.3 Å². The van der Waals surface area contributed by atoms with E-state index in [0.717, 1.165) is 25.0 Å². The van der Waals surface area contributed by atoms with E-state index in [1.807, 2.05) is 24.0 Å². The Labute approximate surface area is 215 Å². The van der Waals surface area contributed by atoms with Crippen molar-refractivity contribution < 1.29 is 55.3 Å². The Bertz CT molecular complexity index is 1300. The Hall–Kier alpha value is -4.24. The number of carbonyl (C=O) groups excluding carboxylic acids is 1. The monoisotopic (exact) mass is 566 g/mol. The molecule has 16 heteroatoms. The topological polar surface area (TPSA) is 136 Å². The van der Waals surface area contributed by atoms with Gasteiger partial charge in [0.25, 0.3) is 5.91 Å². The molecule has 1 aromatic carbocycles. The molecule has 3 heterocycles. The number of aromatic amines is 1. The highest BCUT2D eigenvalue weighted by atomic mass is 19.4. The number of fused-ring (bicyclic) bond motifs is 1. The Balaban J connectivity index is 0.000000317. The predicted molar refractivity (Wildman–Crippen MR) is 120 cm³/mol. The second-order valence-electron chi connectivity index (χ2n) is 8.06. The van der Waals surface area contributed by atoms with E-state index in [0.29, 0.717) is 29.1 Å². The summed E-state index contributed by atoms with van der Waals surface area (Å²) in [6.07, 6.45) is -7.34. The second-order valence-corrected chi connectivity index (χ2v) is 8.06. The third-order valence-electron chi connectivity index (χ3n) is 5.13. The van der Waals surface area contributed by atoms with Crippen LogP contribution in [0.2, 0.25) is 0 Å². The molecule has 39 heavy (non-hydrogen) atoms. The van der Waals surface area contributed by atoms with Gasteiger partial charge in [-0.2, -0.15) is 26.3 Å². The van der Waals surface area contributed by atoms with Gasteiger partial charge >= 0.3 is 24.3 Å². The summed E-state index contributed by atoms with van der Waals surface area (Å²) in [4.78, 5) is 44.7. The van der Waals surface area contributed by atoms with Gasteiger partial charge in [0.1, 0.15) is 17.3 Å². The number of halogens is 7. The average Bonchev–Trinajstić information content (AvgIpc) is 3.26. The Kier molecular flexibility index (Phi) is 9.96. The molecule has 1 atom stereocenters. The molecule has 1 aliphatic heterocycles. The van der Waals surface area contributed by atoms with E-state index in [1.54, 1.807) is 12.1 Å². The van der Waals surface area contributed by atoms with Crippen LogP contribution in [0.4, 0.5) is 30.7 Å². The lowest BCUT2D eigenvalue weighted by atomic mass is 10.0. The number of rotatable bonds is 2. The molecule has 0 radical (unpaired) electrons. The van der Waals surface area contributed by atoms with Crippen LogP contribution >= 0.6 is 0 Å². The number of imidazole rings is 1. The second kappa shape index (κ2) is 12.5. The normalized spacial score (nSPS) is 15.5. The summed E-state index contributed by atoms with van der Waals surface area (Å²) in [5, 5.41) is 14.2. The lowest BCUT2D eigenvalue weighted by Crippen LogP contribution is -2.39. The van der Waals surface area contributed by atoms with Crippen molar-refractivity contribution >= 4 is 28.9 Å². The fourth-order valence-electron chi connectivity index (χ4n) is 3.43. The van der Waals surface area contributed by atoms with Gasteiger partial charge in [-0.3, -0.25) is 4.79 Å². The molecular weight excluding hydrogens is 545 g/mol. The predicted octanol–water partition coefficient (Wildman–Crippen LogP) is 5.04. The molecule has 4 rings (SSSR count). The number of aryl methyl sites for hydroxylation is 1. The number of hydrogen-bond donors (Lipinski definition) is 3. The van der Waals surface area contributed by atoms with Gasteiger partial charge in [-0.25, -0.2) is 23.9 Å². The fraction of sp³-hybridized carbons (Fsp3) is 0.348. The Morgan fingerprint density at radius 1 is 0.949 bits per heavy atom. The SMILES string of the molecule is Cc1cccc(C(=O)N2CCCCC2c2nc3ccc(F)cc3[nH]2)n1.O=C(O)C(F)(F)F.O=C(O)C(F)(F)F. The highest BCUT2D eigenvalue weighted by molar-refractivity contribution is 5.92. The summed E-state index contributed by atoms with van der Waals surface area (Å²) < 4.78 is 76.9. The van der Waals surface area contributed by atoms with Crippen molar-refractivity contribution in [1.29, 1.82) is 0 Å². The number of likely N-dealkylation sites (tertiary alicyclic amines) is 1. The molecular formula is C23H21F7N4O5. The summed E-state index contributed by atoms with van der Waals surface area (Å²) in [6.45, 7) is 2.54. The van der Waals surface area contributed by atoms with Crippen molar-refractivity contribution in [2.24, 2.45) is 0 Å². The van der Waals surface area contributed by atoms with Crippen molar-refractivity contribution in [3.05, 3.63) is 59.4 Å². The molecule has 1 aliphatic rings. The third-order valence-corrected chi connectivity index (χ3v) is 5.13.